The second kappa shape index (κ2) is 3.68. The standard InChI is InChI=1S/C8H11NO4/c1-4(8(12)13)7(11)6-5(10)2-3-9-6/h5-6,9-10H,1-3H2,(H,12,13)/t5?,6-/m0/s1. The summed E-state index contributed by atoms with van der Waals surface area (Å²) in [4.78, 5) is 21.7. The smallest absolute Gasteiger partial charge is 0.338 e. The Balaban J connectivity index is 2.67. The summed E-state index contributed by atoms with van der Waals surface area (Å²) in [7, 11) is 0. The van der Waals surface area contributed by atoms with Crippen molar-refractivity contribution in [3.05, 3.63) is 12.2 Å². The van der Waals surface area contributed by atoms with Gasteiger partial charge in [-0.15, -0.1) is 0 Å². The lowest BCUT2D eigenvalue weighted by Crippen LogP contribution is -2.40. The van der Waals surface area contributed by atoms with Crippen LogP contribution in [-0.4, -0.2) is 40.7 Å². The zero-order valence-electron chi connectivity index (χ0n) is 6.99. The number of Topliss-reactive ketones (excluding diaryl/α,β-unsaturated/α-hetero) is 1. The van der Waals surface area contributed by atoms with Gasteiger partial charge in [-0.3, -0.25) is 4.79 Å². The summed E-state index contributed by atoms with van der Waals surface area (Å²) in [5.41, 5.74) is -0.488. The number of carbonyl (C=O) groups is 2. The van der Waals surface area contributed by atoms with Crippen molar-refractivity contribution in [3.8, 4) is 0 Å². The molecular formula is C8H11NO4. The molecule has 5 heteroatoms. The van der Waals surface area contributed by atoms with Gasteiger partial charge in [0, 0.05) is 0 Å². The molecular weight excluding hydrogens is 174 g/mol. The first-order valence-electron chi connectivity index (χ1n) is 3.92. The molecule has 0 aliphatic carbocycles. The van der Waals surface area contributed by atoms with Crippen molar-refractivity contribution in [2.24, 2.45) is 0 Å². The molecule has 0 saturated carbocycles. The third kappa shape index (κ3) is 1.93. The van der Waals surface area contributed by atoms with Crippen molar-refractivity contribution < 1.29 is 19.8 Å². The van der Waals surface area contributed by atoms with Crippen LogP contribution in [0.2, 0.25) is 0 Å². The highest BCUT2D eigenvalue weighted by molar-refractivity contribution is 6.18. The number of aliphatic hydroxyl groups excluding tert-OH is 1. The van der Waals surface area contributed by atoms with Gasteiger partial charge in [0.05, 0.1) is 17.7 Å². The molecule has 3 N–H and O–H groups in total. The number of carboxylic acid groups (broad SMARTS) is 1. The van der Waals surface area contributed by atoms with Crippen LogP contribution in [0.5, 0.6) is 0 Å². The summed E-state index contributed by atoms with van der Waals surface area (Å²) >= 11 is 0. The maximum Gasteiger partial charge on any atom is 0.338 e. The van der Waals surface area contributed by atoms with Crippen molar-refractivity contribution in [2.45, 2.75) is 18.6 Å². The van der Waals surface area contributed by atoms with E-state index in [0.717, 1.165) is 0 Å². The maximum absolute atomic E-state index is 11.3. The minimum Gasteiger partial charge on any atom is -0.478 e. The number of nitrogens with one attached hydrogen (secondary N) is 1. The van der Waals surface area contributed by atoms with E-state index in [4.69, 9.17) is 5.11 Å². The average molecular weight is 185 g/mol. The number of ketones is 1. The van der Waals surface area contributed by atoms with Crippen molar-refractivity contribution in [1.82, 2.24) is 5.32 Å². The number of carboxylic acids is 1. The van der Waals surface area contributed by atoms with Crippen LogP contribution in [0.4, 0.5) is 0 Å². The zero-order valence-corrected chi connectivity index (χ0v) is 6.99. The molecule has 2 atom stereocenters. The summed E-state index contributed by atoms with van der Waals surface area (Å²) in [6, 6.07) is -0.802. The quantitative estimate of drug-likeness (QED) is 0.296. The van der Waals surface area contributed by atoms with E-state index in [1.165, 1.54) is 0 Å². The fraction of sp³-hybridized carbons (Fsp3) is 0.500. The lowest BCUT2D eigenvalue weighted by Gasteiger charge is -2.12. The van der Waals surface area contributed by atoms with Crippen molar-refractivity contribution in [3.63, 3.8) is 0 Å². The molecule has 0 radical (unpaired) electrons. The van der Waals surface area contributed by atoms with Gasteiger partial charge in [0.1, 0.15) is 0 Å². The second-order valence-corrected chi connectivity index (χ2v) is 2.94. The summed E-state index contributed by atoms with van der Waals surface area (Å²) in [5, 5.41) is 20.5. The molecule has 13 heavy (non-hydrogen) atoms. The van der Waals surface area contributed by atoms with Crippen LogP contribution in [0.3, 0.4) is 0 Å². The van der Waals surface area contributed by atoms with Gasteiger partial charge < -0.3 is 15.5 Å². The highest BCUT2D eigenvalue weighted by Crippen LogP contribution is 2.11. The first-order chi connectivity index (χ1) is 6.04. The van der Waals surface area contributed by atoms with Gasteiger partial charge >= 0.3 is 5.97 Å². The molecule has 1 rings (SSSR count). The number of aliphatic hydroxyl groups is 1. The zero-order chi connectivity index (χ0) is 10.0. The van der Waals surface area contributed by atoms with E-state index in [-0.39, 0.29) is 0 Å². The van der Waals surface area contributed by atoms with E-state index < -0.39 is 29.5 Å². The van der Waals surface area contributed by atoms with Gasteiger partial charge in [-0.05, 0) is 13.0 Å². The van der Waals surface area contributed by atoms with Gasteiger partial charge in [-0.2, -0.15) is 0 Å². The Labute approximate surface area is 75.1 Å². The fourth-order valence-corrected chi connectivity index (χ4v) is 1.25. The number of carbonyl (C=O) groups excluding carboxylic acids is 1. The second-order valence-electron chi connectivity index (χ2n) is 2.94. The van der Waals surface area contributed by atoms with Crippen LogP contribution in [0.15, 0.2) is 12.2 Å². The number of aliphatic carboxylic acids is 1. The molecule has 1 saturated heterocycles. The van der Waals surface area contributed by atoms with Gasteiger partial charge in [-0.1, -0.05) is 6.58 Å². The van der Waals surface area contributed by atoms with Gasteiger partial charge in [-0.25, -0.2) is 4.79 Å². The molecule has 0 aromatic carbocycles. The molecule has 0 spiro atoms. The van der Waals surface area contributed by atoms with Crippen LogP contribution in [-0.2, 0) is 9.59 Å². The molecule has 72 valence electrons. The molecule has 1 fully saturated rings. The Morgan fingerprint density at radius 1 is 1.46 bits per heavy atom. The fourth-order valence-electron chi connectivity index (χ4n) is 1.25. The average Bonchev–Trinajstić information content (AvgIpc) is 2.48. The van der Waals surface area contributed by atoms with Gasteiger partial charge in [0.2, 0.25) is 0 Å². The van der Waals surface area contributed by atoms with Crippen LogP contribution < -0.4 is 5.32 Å². The Bertz CT molecular complexity index is 261. The van der Waals surface area contributed by atoms with E-state index in [0.29, 0.717) is 13.0 Å². The summed E-state index contributed by atoms with van der Waals surface area (Å²) in [5.74, 6) is -1.98. The van der Waals surface area contributed by atoms with Crippen molar-refractivity contribution in [1.29, 1.82) is 0 Å². The Hall–Kier alpha value is -1.20. The number of hydrogen-bond acceptors (Lipinski definition) is 4. The van der Waals surface area contributed by atoms with Gasteiger partial charge in [0.15, 0.2) is 5.78 Å². The van der Waals surface area contributed by atoms with E-state index in [1.807, 2.05) is 0 Å². The monoisotopic (exact) mass is 185 g/mol. The lowest BCUT2D eigenvalue weighted by atomic mass is 10.0. The number of rotatable bonds is 3. The van der Waals surface area contributed by atoms with E-state index in [9.17, 15) is 14.7 Å². The molecule has 0 bridgehead atoms. The van der Waals surface area contributed by atoms with Crippen LogP contribution in [0, 0.1) is 0 Å². The van der Waals surface area contributed by atoms with E-state index in [1.54, 1.807) is 0 Å². The Morgan fingerprint density at radius 2 is 2.08 bits per heavy atom. The minimum atomic E-state index is -1.34. The molecule has 1 aliphatic rings. The molecule has 0 amide bonds. The first-order valence-corrected chi connectivity index (χ1v) is 3.92. The normalized spacial score (nSPS) is 27.2. The summed E-state index contributed by atoms with van der Waals surface area (Å²) < 4.78 is 0. The first kappa shape index (κ1) is 9.88. The lowest BCUT2D eigenvalue weighted by molar-refractivity contribution is -0.135. The Morgan fingerprint density at radius 3 is 2.46 bits per heavy atom. The molecule has 0 aromatic heterocycles. The molecule has 5 nitrogen and oxygen atoms in total. The van der Waals surface area contributed by atoms with Crippen LogP contribution in [0.1, 0.15) is 6.42 Å². The van der Waals surface area contributed by atoms with Crippen LogP contribution in [0.25, 0.3) is 0 Å². The van der Waals surface area contributed by atoms with Crippen molar-refractivity contribution in [2.75, 3.05) is 6.54 Å². The van der Waals surface area contributed by atoms with Gasteiger partial charge in [0.25, 0.3) is 0 Å². The van der Waals surface area contributed by atoms with Crippen molar-refractivity contribution >= 4 is 11.8 Å². The van der Waals surface area contributed by atoms with Crippen LogP contribution >= 0.6 is 0 Å². The maximum atomic E-state index is 11.3. The predicted molar refractivity (Wildman–Crippen MR) is 44.2 cm³/mol. The third-order valence-electron chi connectivity index (χ3n) is 2.03. The molecule has 1 unspecified atom stereocenters. The Kier molecular flexibility index (Phi) is 2.79. The highest BCUT2D eigenvalue weighted by Gasteiger charge is 2.33. The third-order valence-corrected chi connectivity index (χ3v) is 2.03. The summed E-state index contributed by atoms with van der Waals surface area (Å²) in [6.07, 6.45) is -0.341. The SMILES string of the molecule is C=C(C(=O)O)C(=O)[C@H]1NCCC1O. The van der Waals surface area contributed by atoms with E-state index in [2.05, 4.69) is 11.9 Å². The number of hydrogen-bond donors (Lipinski definition) is 3. The predicted octanol–water partition coefficient (Wildman–Crippen LogP) is -1.08. The highest BCUT2D eigenvalue weighted by atomic mass is 16.4. The summed E-state index contributed by atoms with van der Waals surface area (Å²) in [6.45, 7) is 3.65. The minimum absolute atomic E-state index is 0.462. The molecule has 1 aliphatic heterocycles. The molecule has 0 aromatic rings. The molecule has 1 heterocycles. The topological polar surface area (TPSA) is 86.6 Å². The largest absolute Gasteiger partial charge is 0.478 e. The van der Waals surface area contributed by atoms with E-state index >= 15 is 0 Å².